The zero-order valence-electron chi connectivity index (χ0n) is 15.5. The number of pyridine rings is 1. The fourth-order valence-electron chi connectivity index (χ4n) is 3.20. The molecule has 1 aliphatic rings. The summed E-state index contributed by atoms with van der Waals surface area (Å²) in [4.78, 5) is 20.2. The molecule has 150 valence electrons. The number of nitrogens with zero attached hydrogens (tertiary/aromatic N) is 3. The topological polar surface area (TPSA) is 48.5 Å². The van der Waals surface area contributed by atoms with Crippen molar-refractivity contribution in [2.45, 2.75) is 12.6 Å². The summed E-state index contributed by atoms with van der Waals surface area (Å²) in [6, 6.07) is 10.7. The fourth-order valence-corrected chi connectivity index (χ4v) is 3.20. The molecule has 0 atom stereocenters. The van der Waals surface area contributed by atoms with Gasteiger partial charge in [0.2, 0.25) is 0 Å². The van der Waals surface area contributed by atoms with Crippen LogP contribution in [0.3, 0.4) is 0 Å². The average Bonchev–Trinajstić information content (AvgIpc) is 2.71. The lowest BCUT2D eigenvalue weighted by Gasteiger charge is -2.36. The van der Waals surface area contributed by atoms with E-state index in [9.17, 15) is 18.0 Å². The number of carbonyl (C=O) groups excluding carboxylic acids is 1. The van der Waals surface area contributed by atoms with Gasteiger partial charge in [-0.3, -0.25) is 14.7 Å². The van der Waals surface area contributed by atoms with Crippen molar-refractivity contribution in [1.82, 2.24) is 15.2 Å². The van der Waals surface area contributed by atoms with E-state index in [0.29, 0.717) is 31.0 Å². The number of nitrogens with one attached hydrogen (secondary N) is 1. The number of aromatic nitrogens is 1. The molecular formula is C20H23F3N4O. The van der Waals surface area contributed by atoms with Crippen molar-refractivity contribution in [3.05, 3.63) is 59.9 Å². The molecule has 0 aliphatic carbocycles. The highest BCUT2D eigenvalue weighted by Crippen LogP contribution is 2.31. The molecule has 5 nitrogen and oxygen atoms in total. The van der Waals surface area contributed by atoms with Crippen LogP contribution in [0.5, 0.6) is 0 Å². The molecule has 1 aliphatic heterocycles. The first kappa shape index (κ1) is 20.1. The largest absolute Gasteiger partial charge is 0.416 e. The van der Waals surface area contributed by atoms with Crippen LogP contribution in [0, 0.1) is 0 Å². The molecule has 1 aromatic heterocycles. The van der Waals surface area contributed by atoms with Crippen LogP contribution in [0.2, 0.25) is 0 Å². The third kappa shape index (κ3) is 5.45. The van der Waals surface area contributed by atoms with Crippen LogP contribution in [0.4, 0.5) is 18.9 Å². The molecule has 2 aromatic rings. The van der Waals surface area contributed by atoms with Gasteiger partial charge in [-0.05, 0) is 43.3 Å². The van der Waals surface area contributed by atoms with E-state index in [1.807, 2.05) is 4.90 Å². The first-order chi connectivity index (χ1) is 13.4. The molecule has 3 rings (SSSR count). The number of hydrogen-bond acceptors (Lipinski definition) is 4. The molecule has 0 saturated carbocycles. The third-order valence-corrected chi connectivity index (χ3v) is 4.75. The molecule has 1 fully saturated rings. The van der Waals surface area contributed by atoms with Gasteiger partial charge in [0.1, 0.15) is 5.69 Å². The second-order valence-corrected chi connectivity index (χ2v) is 6.70. The van der Waals surface area contributed by atoms with Gasteiger partial charge in [0.25, 0.3) is 5.91 Å². The lowest BCUT2D eigenvalue weighted by atomic mass is 10.1. The van der Waals surface area contributed by atoms with Crippen LogP contribution in [-0.2, 0) is 6.18 Å². The molecule has 1 amide bonds. The summed E-state index contributed by atoms with van der Waals surface area (Å²) >= 11 is 0. The molecule has 8 heteroatoms. The zero-order valence-corrected chi connectivity index (χ0v) is 15.5. The first-order valence-corrected chi connectivity index (χ1v) is 9.27. The summed E-state index contributed by atoms with van der Waals surface area (Å²) in [7, 11) is 0. The number of hydrogen-bond donors (Lipinski definition) is 1. The number of rotatable bonds is 6. The number of piperazine rings is 1. The SMILES string of the molecule is O=C(NCCCN1CCN(c2cccc(C(F)(F)F)c2)CC1)c1ccccn1. The average molecular weight is 392 g/mol. The highest BCUT2D eigenvalue weighted by atomic mass is 19.4. The van der Waals surface area contributed by atoms with E-state index < -0.39 is 11.7 Å². The molecule has 1 aromatic carbocycles. The van der Waals surface area contributed by atoms with Crippen LogP contribution in [0.15, 0.2) is 48.7 Å². The predicted molar refractivity (Wildman–Crippen MR) is 101 cm³/mol. The molecule has 0 unspecified atom stereocenters. The highest BCUT2D eigenvalue weighted by molar-refractivity contribution is 5.92. The lowest BCUT2D eigenvalue weighted by molar-refractivity contribution is -0.137. The van der Waals surface area contributed by atoms with Gasteiger partial charge in [-0.2, -0.15) is 13.2 Å². The Labute approximate surface area is 162 Å². The van der Waals surface area contributed by atoms with Crippen molar-refractivity contribution < 1.29 is 18.0 Å². The lowest BCUT2D eigenvalue weighted by Crippen LogP contribution is -2.47. The second kappa shape index (κ2) is 9.05. The van der Waals surface area contributed by atoms with Crippen molar-refractivity contribution in [2.24, 2.45) is 0 Å². The van der Waals surface area contributed by atoms with Gasteiger partial charge in [-0.15, -0.1) is 0 Å². The maximum Gasteiger partial charge on any atom is 0.416 e. The van der Waals surface area contributed by atoms with Crippen LogP contribution < -0.4 is 10.2 Å². The third-order valence-electron chi connectivity index (χ3n) is 4.75. The molecule has 0 bridgehead atoms. The van der Waals surface area contributed by atoms with Crippen LogP contribution in [0.1, 0.15) is 22.5 Å². The Morgan fingerprint density at radius 2 is 1.86 bits per heavy atom. The van der Waals surface area contributed by atoms with E-state index in [-0.39, 0.29) is 5.91 Å². The molecule has 2 heterocycles. The summed E-state index contributed by atoms with van der Waals surface area (Å²) in [6.07, 6.45) is -1.93. The van der Waals surface area contributed by atoms with Crippen molar-refractivity contribution in [1.29, 1.82) is 0 Å². The summed E-state index contributed by atoms with van der Waals surface area (Å²) in [5.41, 5.74) is 0.394. The van der Waals surface area contributed by atoms with E-state index in [4.69, 9.17) is 0 Å². The van der Waals surface area contributed by atoms with Crippen molar-refractivity contribution in [2.75, 3.05) is 44.2 Å². The van der Waals surface area contributed by atoms with Gasteiger partial charge in [0.05, 0.1) is 5.56 Å². The summed E-state index contributed by atoms with van der Waals surface area (Å²) in [5, 5.41) is 2.85. The molecule has 0 spiro atoms. The minimum atomic E-state index is -4.32. The Bertz CT molecular complexity index is 775. The number of carbonyl (C=O) groups is 1. The van der Waals surface area contributed by atoms with Crippen LogP contribution in [-0.4, -0.2) is 55.1 Å². The van der Waals surface area contributed by atoms with E-state index in [0.717, 1.165) is 32.1 Å². The Hall–Kier alpha value is -2.61. The molecule has 0 radical (unpaired) electrons. The van der Waals surface area contributed by atoms with Gasteiger partial charge < -0.3 is 10.2 Å². The minimum Gasteiger partial charge on any atom is -0.369 e. The normalized spacial score (nSPS) is 15.5. The number of alkyl halides is 3. The van der Waals surface area contributed by atoms with Crippen molar-refractivity contribution in [3.63, 3.8) is 0 Å². The monoisotopic (exact) mass is 392 g/mol. The Morgan fingerprint density at radius 3 is 2.54 bits per heavy atom. The van der Waals surface area contributed by atoms with Gasteiger partial charge in [-0.1, -0.05) is 12.1 Å². The van der Waals surface area contributed by atoms with E-state index in [1.54, 1.807) is 30.5 Å². The molecule has 28 heavy (non-hydrogen) atoms. The maximum atomic E-state index is 12.9. The van der Waals surface area contributed by atoms with Gasteiger partial charge >= 0.3 is 6.18 Å². The van der Waals surface area contributed by atoms with Crippen LogP contribution in [0.25, 0.3) is 0 Å². The second-order valence-electron chi connectivity index (χ2n) is 6.70. The zero-order chi connectivity index (χ0) is 20.0. The van der Waals surface area contributed by atoms with E-state index >= 15 is 0 Å². The molecule has 1 saturated heterocycles. The Morgan fingerprint density at radius 1 is 1.07 bits per heavy atom. The standard InChI is InChI=1S/C20H23F3N4O/c21-20(22,23)16-5-3-6-17(15-16)27-13-11-26(12-14-27)10-4-9-25-19(28)18-7-1-2-8-24-18/h1-3,5-8,15H,4,9-14H2,(H,25,28). The molecular weight excluding hydrogens is 369 g/mol. The van der Waals surface area contributed by atoms with Gasteiger partial charge in [-0.25, -0.2) is 0 Å². The Kier molecular flexibility index (Phi) is 6.51. The summed E-state index contributed by atoms with van der Waals surface area (Å²) < 4.78 is 38.6. The number of halogens is 3. The van der Waals surface area contributed by atoms with Gasteiger partial charge in [0, 0.05) is 44.6 Å². The van der Waals surface area contributed by atoms with Gasteiger partial charge in [0.15, 0.2) is 0 Å². The highest BCUT2D eigenvalue weighted by Gasteiger charge is 2.31. The minimum absolute atomic E-state index is 0.185. The summed E-state index contributed by atoms with van der Waals surface area (Å²) in [6.45, 7) is 4.32. The number of benzene rings is 1. The quantitative estimate of drug-likeness (QED) is 0.768. The first-order valence-electron chi connectivity index (χ1n) is 9.27. The maximum absolute atomic E-state index is 12.9. The number of amides is 1. The molecule has 1 N–H and O–H groups in total. The predicted octanol–water partition coefficient (Wildman–Crippen LogP) is 3.04. The van der Waals surface area contributed by atoms with Crippen molar-refractivity contribution >= 4 is 11.6 Å². The van der Waals surface area contributed by atoms with Crippen molar-refractivity contribution in [3.8, 4) is 0 Å². The number of anilines is 1. The smallest absolute Gasteiger partial charge is 0.369 e. The van der Waals surface area contributed by atoms with Crippen LogP contribution >= 0.6 is 0 Å². The summed E-state index contributed by atoms with van der Waals surface area (Å²) in [5.74, 6) is -0.185. The van der Waals surface area contributed by atoms with E-state index in [2.05, 4.69) is 15.2 Å². The van der Waals surface area contributed by atoms with E-state index in [1.165, 1.54) is 12.1 Å². The Balaban J connectivity index is 1.39. The fraction of sp³-hybridized carbons (Fsp3) is 0.400.